The van der Waals surface area contributed by atoms with Crippen molar-refractivity contribution in [1.29, 1.82) is 0 Å². The van der Waals surface area contributed by atoms with Crippen molar-refractivity contribution in [2.45, 2.75) is 12.8 Å². The molecule has 1 aromatic rings. The summed E-state index contributed by atoms with van der Waals surface area (Å²) in [5, 5.41) is 2.92. The highest BCUT2D eigenvalue weighted by Crippen LogP contribution is 2.20. The summed E-state index contributed by atoms with van der Waals surface area (Å²) in [5.74, 6) is -0.167. The molecule has 1 aliphatic heterocycles. The molecular formula is C15H20BrN3O2. The number of carbonyl (C=O) groups is 2. The molecule has 0 saturated carbocycles. The van der Waals surface area contributed by atoms with Crippen LogP contribution in [0.3, 0.4) is 0 Å². The Hall–Kier alpha value is -1.56. The molecule has 1 aliphatic rings. The maximum atomic E-state index is 12.3. The van der Waals surface area contributed by atoms with Crippen molar-refractivity contribution in [3.8, 4) is 0 Å². The zero-order valence-electron chi connectivity index (χ0n) is 12.3. The van der Waals surface area contributed by atoms with Crippen LogP contribution in [0.25, 0.3) is 0 Å². The van der Waals surface area contributed by atoms with Crippen molar-refractivity contribution in [3.63, 3.8) is 0 Å². The molecule has 2 rings (SSSR count). The first-order valence-electron chi connectivity index (χ1n) is 7.00. The summed E-state index contributed by atoms with van der Waals surface area (Å²) in [5.41, 5.74) is 0.777. The molecule has 1 saturated heterocycles. The van der Waals surface area contributed by atoms with Gasteiger partial charge in [-0.25, -0.2) is 4.79 Å². The zero-order chi connectivity index (χ0) is 15.4. The van der Waals surface area contributed by atoms with E-state index in [4.69, 9.17) is 0 Å². The third-order valence-electron chi connectivity index (χ3n) is 3.56. The molecule has 114 valence electrons. The van der Waals surface area contributed by atoms with Crippen LogP contribution in [-0.2, 0) is 4.79 Å². The van der Waals surface area contributed by atoms with E-state index >= 15 is 0 Å². The minimum Gasteiger partial charge on any atom is -0.331 e. The smallest absolute Gasteiger partial charge is 0.319 e. The molecule has 21 heavy (non-hydrogen) atoms. The minimum absolute atomic E-state index is 0.0198. The standard InChI is InChI=1S/C15H20BrN3O2/c1-18(2)15(21)19-9-3-4-11(10-19)14(20)17-13-7-5-12(16)6-8-13/h5-8,11H,3-4,9-10H2,1-2H3,(H,17,20)/t11-/m0/s1. The first-order chi connectivity index (χ1) is 9.97. The molecule has 1 atom stereocenters. The molecule has 0 radical (unpaired) electrons. The molecule has 0 bridgehead atoms. The fraction of sp³-hybridized carbons (Fsp3) is 0.467. The highest BCUT2D eigenvalue weighted by atomic mass is 79.9. The number of hydrogen-bond donors (Lipinski definition) is 1. The molecule has 1 N–H and O–H groups in total. The summed E-state index contributed by atoms with van der Waals surface area (Å²) in [6.07, 6.45) is 1.68. The quantitative estimate of drug-likeness (QED) is 0.888. The number of rotatable bonds is 2. The lowest BCUT2D eigenvalue weighted by atomic mass is 9.97. The Labute approximate surface area is 133 Å². The predicted molar refractivity (Wildman–Crippen MR) is 86.2 cm³/mol. The van der Waals surface area contributed by atoms with Gasteiger partial charge in [0.15, 0.2) is 0 Å². The van der Waals surface area contributed by atoms with Crippen LogP contribution >= 0.6 is 15.9 Å². The molecule has 0 unspecified atom stereocenters. The van der Waals surface area contributed by atoms with Crippen LogP contribution in [0.2, 0.25) is 0 Å². The second-order valence-corrected chi connectivity index (χ2v) is 6.37. The van der Waals surface area contributed by atoms with Crippen LogP contribution in [0, 0.1) is 5.92 Å². The Morgan fingerprint density at radius 3 is 2.57 bits per heavy atom. The van der Waals surface area contributed by atoms with Crippen molar-refractivity contribution in [2.24, 2.45) is 5.92 Å². The molecule has 0 aliphatic carbocycles. The number of hydrogen-bond acceptors (Lipinski definition) is 2. The molecule has 3 amide bonds. The molecule has 1 aromatic carbocycles. The number of amides is 3. The van der Waals surface area contributed by atoms with Crippen molar-refractivity contribution in [1.82, 2.24) is 9.80 Å². The van der Waals surface area contributed by atoms with Gasteiger partial charge in [-0.2, -0.15) is 0 Å². The number of carbonyl (C=O) groups excluding carboxylic acids is 2. The second kappa shape index (κ2) is 6.93. The average Bonchev–Trinajstić information content (AvgIpc) is 2.48. The summed E-state index contributed by atoms with van der Waals surface area (Å²) >= 11 is 3.36. The summed E-state index contributed by atoms with van der Waals surface area (Å²) in [6.45, 7) is 1.21. The largest absolute Gasteiger partial charge is 0.331 e. The number of nitrogens with one attached hydrogen (secondary N) is 1. The van der Waals surface area contributed by atoms with Crippen LogP contribution in [0.5, 0.6) is 0 Å². The number of halogens is 1. The predicted octanol–water partition coefficient (Wildman–Crippen LogP) is 2.78. The molecule has 1 heterocycles. The number of urea groups is 1. The van der Waals surface area contributed by atoms with E-state index in [2.05, 4.69) is 21.2 Å². The van der Waals surface area contributed by atoms with E-state index in [1.54, 1.807) is 23.9 Å². The molecule has 0 spiro atoms. The van der Waals surface area contributed by atoms with Crippen molar-refractivity contribution in [2.75, 3.05) is 32.5 Å². The van der Waals surface area contributed by atoms with Gasteiger partial charge in [-0.15, -0.1) is 0 Å². The lowest BCUT2D eigenvalue weighted by Crippen LogP contribution is -2.47. The van der Waals surface area contributed by atoms with Gasteiger partial charge >= 0.3 is 6.03 Å². The number of anilines is 1. The van der Waals surface area contributed by atoms with E-state index < -0.39 is 0 Å². The Balaban J connectivity index is 1.96. The van der Waals surface area contributed by atoms with Crippen molar-refractivity contribution < 1.29 is 9.59 Å². The topological polar surface area (TPSA) is 52.7 Å². The molecular weight excluding hydrogens is 334 g/mol. The Morgan fingerprint density at radius 1 is 1.29 bits per heavy atom. The number of benzene rings is 1. The van der Waals surface area contributed by atoms with E-state index in [0.29, 0.717) is 6.54 Å². The van der Waals surface area contributed by atoms with Crippen LogP contribution in [0.4, 0.5) is 10.5 Å². The monoisotopic (exact) mass is 353 g/mol. The first-order valence-corrected chi connectivity index (χ1v) is 7.79. The van der Waals surface area contributed by atoms with Gasteiger partial charge in [0.2, 0.25) is 5.91 Å². The molecule has 0 aromatic heterocycles. The van der Waals surface area contributed by atoms with Gasteiger partial charge in [0.25, 0.3) is 0 Å². The second-order valence-electron chi connectivity index (χ2n) is 5.46. The number of likely N-dealkylation sites (tertiary alicyclic amines) is 1. The lowest BCUT2D eigenvalue weighted by molar-refractivity contribution is -0.121. The summed E-state index contributed by atoms with van der Waals surface area (Å²) in [4.78, 5) is 27.6. The minimum atomic E-state index is -0.147. The third kappa shape index (κ3) is 4.20. The fourth-order valence-corrected chi connectivity index (χ4v) is 2.69. The summed E-state index contributed by atoms with van der Waals surface area (Å²) in [7, 11) is 3.46. The van der Waals surface area contributed by atoms with Crippen LogP contribution in [0.15, 0.2) is 28.7 Å². The van der Waals surface area contributed by atoms with E-state index in [9.17, 15) is 9.59 Å². The van der Waals surface area contributed by atoms with E-state index in [1.807, 2.05) is 24.3 Å². The van der Waals surface area contributed by atoms with Gasteiger partial charge in [0.05, 0.1) is 5.92 Å². The summed E-state index contributed by atoms with van der Waals surface area (Å²) in [6, 6.07) is 7.45. The van der Waals surface area contributed by atoms with Crippen LogP contribution < -0.4 is 5.32 Å². The maximum Gasteiger partial charge on any atom is 0.319 e. The third-order valence-corrected chi connectivity index (χ3v) is 4.09. The zero-order valence-corrected chi connectivity index (χ0v) is 13.9. The van der Waals surface area contributed by atoms with Crippen LogP contribution in [0.1, 0.15) is 12.8 Å². The van der Waals surface area contributed by atoms with E-state index in [0.717, 1.165) is 29.5 Å². The maximum absolute atomic E-state index is 12.3. The van der Waals surface area contributed by atoms with Gasteiger partial charge in [0.1, 0.15) is 0 Å². The number of nitrogens with zero attached hydrogens (tertiary/aromatic N) is 2. The molecule has 6 heteroatoms. The molecule has 5 nitrogen and oxygen atoms in total. The molecule has 1 fully saturated rings. The SMILES string of the molecule is CN(C)C(=O)N1CCC[C@H](C(=O)Nc2ccc(Br)cc2)C1. The lowest BCUT2D eigenvalue weighted by Gasteiger charge is -2.33. The first kappa shape index (κ1) is 15.8. The Kier molecular flexibility index (Phi) is 5.22. The van der Waals surface area contributed by atoms with Gasteiger partial charge < -0.3 is 15.1 Å². The summed E-state index contributed by atoms with van der Waals surface area (Å²) < 4.78 is 0.973. The van der Waals surface area contributed by atoms with Gasteiger partial charge in [0, 0.05) is 37.3 Å². The fourth-order valence-electron chi connectivity index (χ4n) is 2.43. The number of piperidine rings is 1. The van der Waals surface area contributed by atoms with E-state index in [-0.39, 0.29) is 17.9 Å². The average molecular weight is 354 g/mol. The van der Waals surface area contributed by atoms with Crippen molar-refractivity contribution >= 4 is 33.6 Å². The van der Waals surface area contributed by atoms with E-state index in [1.165, 1.54) is 0 Å². The van der Waals surface area contributed by atoms with Gasteiger partial charge in [-0.05, 0) is 37.1 Å². The van der Waals surface area contributed by atoms with Crippen LogP contribution in [-0.4, -0.2) is 48.9 Å². The normalized spacial score (nSPS) is 18.2. The van der Waals surface area contributed by atoms with Crippen molar-refractivity contribution in [3.05, 3.63) is 28.7 Å². The Morgan fingerprint density at radius 2 is 1.95 bits per heavy atom. The van der Waals surface area contributed by atoms with Gasteiger partial charge in [-0.3, -0.25) is 4.79 Å². The highest BCUT2D eigenvalue weighted by Gasteiger charge is 2.29. The Bertz CT molecular complexity index is 516. The van der Waals surface area contributed by atoms with Gasteiger partial charge in [-0.1, -0.05) is 15.9 Å². The highest BCUT2D eigenvalue weighted by molar-refractivity contribution is 9.10.